The molecule has 3 aromatic rings. The third kappa shape index (κ3) is 6.47. The van der Waals surface area contributed by atoms with E-state index in [0.717, 1.165) is 18.1 Å². The fourth-order valence-electron chi connectivity index (χ4n) is 2.36. The molecule has 0 aliphatic heterocycles. The summed E-state index contributed by atoms with van der Waals surface area (Å²) < 4.78 is 5.30. The topological polar surface area (TPSA) is 75.3 Å². The van der Waals surface area contributed by atoms with Crippen LogP contribution in [0.15, 0.2) is 45.9 Å². The third-order valence-electron chi connectivity index (χ3n) is 3.63. The zero-order valence-electron chi connectivity index (χ0n) is 15.0. The summed E-state index contributed by atoms with van der Waals surface area (Å²) in [7, 11) is 1.75. The Bertz CT molecular complexity index is 895. The van der Waals surface area contributed by atoms with Crippen LogP contribution in [0.1, 0.15) is 15.6 Å². The number of rotatable bonds is 6. The van der Waals surface area contributed by atoms with Gasteiger partial charge in [0, 0.05) is 40.4 Å². The lowest BCUT2D eigenvalue weighted by atomic mass is 10.2. The molecule has 144 valence electrons. The lowest BCUT2D eigenvalue weighted by molar-refractivity contribution is 0.378. The predicted molar refractivity (Wildman–Crippen MR) is 121 cm³/mol. The van der Waals surface area contributed by atoms with Gasteiger partial charge in [-0.1, -0.05) is 28.9 Å². The normalized spacial score (nSPS) is 11.1. The molecule has 0 fully saturated rings. The van der Waals surface area contributed by atoms with Crippen molar-refractivity contribution in [3.63, 3.8) is 0 Å². The molecule has 9 heteroatoms. The van der Waals surface area contributed by atoms with Gasteiger partial charge in [-0.15, -0.1) is 35.3 Å². The molecule has 27 heavy (non-hydrogen) atoms. The number of aromatic nitrogens is 2. The van der Waals surface area contributed by atoms with Crippen LogP contribution in [0.2, 0.25) is 5.02 Å². The van der Waals surface area contributed by atoms with Crippen molar-refractivity contribution in [3.8, 4) is 11.4 Å². The molecule has 0 amide bonds. The van der Waals surface area contributed by atoms with Gasteiger partial charge in [0.05, 0.1) is 6.54 Å². The van der Waals surface area contributed by atoms with Gasteiger partial charge in [0.2, 0.25) is 11.7 Å². The average molecular weight is 518 g/mol. The van der Waals surface area contributed by atoms with E-state index in [2.05, 4.69) is 44.8 Å². The Labute approximate surface area is 184 Å². The van der Waals surface area contributed by atoms with Crippen molar-refractivity contribution in [1.82, 2.24) is 20.8 Å². The van der Waals surface area contributed by atoms with Crippen molar-refractivity contribution < 1.29 is 4.52 Å². The largest absolute Gasteiger partial charge is 0.356 e. The van der Waals surface area contributed by atoms with Crippen LogP contribution in [0.3, 0.4) is 0 Å². The van der Waals surface area contributed by atoms with Crippen LogP contribution < -0.4 is 10.6 Å². The van der Waals surface area contributed by atoms with Gasteiger partial charge < -0.3 is 15.2 Å². The molecule has 0 aliphatic rings. The molecule has 2 heterocycles. The first-order valence-electron chi connectivity index (χ1n) is 8.22. The van der Waals surface area contributed by atoms with E-state index in [1.165, 1.54) is 9.75 Å². The molecule has 0 spiro atoms. The van der Waals surface area contributed by atoms with Crippen molar-refractivity contribution in [2.45, 2.75) is 19.9 Å². The van der Waals surface area contributed by atoms with E-state index in [9.17, 15) is 0 Å². The third-order valence-corrected chi connectivity index (χ3v) is 4.87. The second-order valence-corrected chi connectivity index (χ2v) is 7.45. The molecule has 1 aromatic carbocycles. The monoisotopic (exact) mass is 517 g/mol. The van der Waals surface area contributed by atoms with Gasteiger partial charge in [-0.25, -0.2) is 0 Å². The number of aryl methyl sites for hydroxylation is 1. The highest BCUT2D eigenvalue weighted by Crippen LogP contribution is 2.20. The van der Waals surface area contributed by atoms with Gasteiger partial charge in [-0.2, -0.15) is 4.98 Å². The summed E-state index contributed by atoms with van der Waals surface area (Å²) in [4.78, 5) is 11.2. The molecule has 3 rings (SSSR count). The summed E-state index contributed by atoms with van der Waals surface area (Å²) in [5, 5.41) is 11.2. The number of hydrogen-bond acceptors (Lipinski definition) is 5. The smallest absolute Gasteiger partial charge is 0.228 e. The van der Waals surface area contributed by atoms with Crippen molar-refractivity contribution >= 4 is 52.9 Å². The summed E-state index contributed by atoms with van der Waals surface area (Å²) in [6.45, 7) is 3.49. The number of benzene rings is 1. The Balaban J connectivity index is 0.00000261. The lowest BCUT2D eigenvalue weighted by Gasteiger charge is -2.10. The van der Waals surface area contributed by atoms with E-state index in [1.807, 2.05) is 24.3 Å². The van der Waals surface area contributed by atoms with Crippen molar-refractivity contribution in [1.29, 1.82) is 0 Å². The summed E-state index contributed by atoms with van der Waals surface area (Å²) in [5.74, 6) is 1.85. The van der Waals surface area contributed by atoms with Gasteiger partial charge >= 0.3 is 0 Å². The van der Waals surface area contributed by atoms with Crippen LogP contribution in [0.5, 0.6) is 0 Å². The number of aliphatic imine (C=N–C) groups is 1. The maximum absolute atomic E-state index is 6.00. The molecule has 0 radical (unpaired) electrons. The Morgan fingerprint density at radius 3 is 2.81 bits per heavy atom. The molecule has 0 aliphatic carbocycles. The molecule has 0 saturated heterocycles. The first-order valence-corrected chi connectivity index (χ1v) is 9.42. The fraction of sp³-hybridized carbons (Fsp3) is 0.278. The first-order chi connectivity index (χ1) is 12.6. The van der Waals surface area contributed by atoms with Crippen LogP contribution in [0, 0.1) is 6.92 Å². The molecule has 6 nitrogen and oxygen atoms in total. The Morgan fingerprint density at radius 1 is 1.26 bits per heavy atom. The van der Waals surface area contributed by atoms with Crippen LogP contribution in [-0.4, -0.2) is 29.7 Å². The van der Waals surface area contributed by atoms with Crippen LogP contribution >= 0.6 is 46.9 Å². The minimum absolute atomic E-state index is 0. The molecular weight excluding hydrogens is 497 g/mol. The number of guanidine groups is 1. The van der Waals surface area contributed by atoms with Crippen molar-refractivity contribution in [3.05, 3.63) is 57.1 Å². The number of thiophene rings is 1. The van der Waals surface area contributed by atoms with Crippen LogP contribution in [0.25, 0.3) is 11.4 Å². The summed E-state index contributed by atoms with van der Waals surface area (Å²) in [6, 6.07) is 11.6. The van der Waals surface area contributed by atoms with Gasteiger partial charge in [0.1, 0.15) is 0 Å². The fourth-order valence-corrected chi connectivity index (χ4v) is 3.38. The molecule has 0 atom stereocenters. The van der Waals surface area contributed by atoms with Gasteiger partial charge in [0.15, 0.2) is 5.96 Å². The number of nitrogens with zero attached hydrogens (tertiary/aromatic N) is 3. The SMILES string of the molecule is CN=C(NCCc1nc(-c2cccc(Cl)c2)no1)NCc1ccc(C)s1.I. The van der Waals surface area contributed by atoms with E-state index in [-0.39, 0.29) is 24.0 Å². The minimum atomic E-state index is 0. The summed E-state index contributed by atoms with van der Waals surface area (Å²) in [6.07, 6.45) is 0.604. The van der Waals surface area contributed by atoms with Gasteiger partial charge in [-0.05, 0) is 31.2 Å². The van der Waals surface area contributed by atoms with Gasteiger partial charge in [0.25, 0.3) is 0 Å². The molecule has 0 bridgehead atoms. The van der Waals surface area contributed by atoms with E-state index in [0.29, 0.717) is 29.7 Å². The summed E-state index contributed by atoms with van der Waals surface area (Å²) >= 11 is 7.77. The van der Waals surface area contributed by atoms with E-state index < -0.39 is 0 Å². The van der Waals surface area contributed by atoms with Gasteiger partial charge in [-0.3, -0.25) is 4.99 Å². The Hall–Kier alpha value is -1.65. The highest BCUT2D eigenvalue weighted by molar-refractivity contribution is 14.0. The second kappa shape index (κ2) is 10.6. The predicted octanol–water partition coefficient (Wildman–Crippen LogP) is 4.29. The first kappa shape index (κ1) is 21.6. The quantitative estimate of drug-likeness (QED) is 0.290. The maximum atomic E-state index is 6.00. The standard InChI is InChI=1S/C18H20ClN5OS.HI/c1-12-6-7-15(26-12)11-22-18(20-2)21-9-8-16-23-17(24-25-16)13-4-3-5-14(19)10-13;/h3-7,10H,8-9,11H2,1-2H3,(H2,20,21,22);1H. The molecule has 0 saturated carbocycles. The zero-order chi connectivity index (χ0) is 18.4. The zero-order valence-corrected chi connectivity index (χ0v) is 18.9. The van der Waals surface area contributed by atoms with E-state index >= 15 is 0 Å². The lowest BCUT2D eigenvalue weighted by Crippen LogP contribution is -2.37. The average Bonchev–Trinajstić information content (AvgIpc) is 3.27. The van der Waals surface area contributed by atoms with E-state index in [1.54, 1.807) is 18.4 Å². The molecule has 0 unspecified atom stereocenters. The number of nitrogens with one attached hydrogen (secondary N) is 2. The second-order valence-electron chi connectivity index (χ2n) is 5.64. The van der Waals surface area contributed by atoms with Crippen molar-refractivity contribution in [2.75, 3.05) is 13.6 Å². The number of hydrogen-bond donors (Lipinski definition) is 2. The molecule has 2 N–H and O–H groups in total. The molecular formula is C18H21ClIN5OS. The minimum Gasteiger partial charge on any atom is -0.356 e. The highest BCUT2D eigenvalue weighted by atomic mass is 127. The Kier molecular flexibility index (Phi) is 8.52. The van der Waals surface area contributed by atoms with Crippen LogP contribution in [-0.2, 0) is 13.0 Å². The maximum Gasteiger partial charge on any atom is 0.228 e. The van der Waals surface area contributed by atoms with Crippen molar-refractivity contribution in [2.24, 2.45) is 4.99 Å². The van der Waals surface area contributed by atoms with E-state index in [4.69, 9.17) is 16.1 Å². The molecule has 2 aromatic heterocycles. The number of halogens is 2. The Morgan fingerprint density at radius 2 is 2.11 bits per heavy atom. The highest BCUT2D eigenvalue weighted by Gasteiger charge is 2.09. The van der Waals surface area contributed by atoms with Crippen LogP contribution in [0.4, 0.5) is 0 Å². The summed E-state index contributed by atoms with van der Waals surface area (Å²) in [5.41, 5.74) is 0.837.